The fourth-order valence-corrected chi connectivity index (χ4v) is 4.97. The Balaban J connectivity index is 1.89. The highest BCUT2D eigenvalue weighted by molar-refractivity contribution is 5.84. The van der Waals surface area contributed by atoms with Crippen LogP contribution >= 0.6 is 0 Å². The first-order valence-corrected chi connectivity index (χ1v) is 11.7. The minimum atomic E-state index is -1.46. The molecule has 1 heterocycles. The lowest BCUT2D eigenvalue weighted by molar-refractivity contribution is -0.252. The molecule has 3 rings (SSSR count). The second-order valence-corrected chi connectivity index (χ2v) is 10.0. The summed E-state index contributed by atoms with van der Waals surface area (Å²) in [6, 6.07) is 7.82. The average Bonchev–Trinajstić information content (AvgIpc) is 2.72. The third kappa shape index (κ3) is 6.79. The maximum absolute atomic E-state index is 12.6. The maximum atomic E-state index is 12.6. The van der Waals surface area contributed by atoms with Crippen molar-refractivity contribution in [1.29, 1.82) is 0 Å². The Bertz CT molecular complexity index is 865. The monoisotopic (exact) mass is 458 g/mol. The molecule has 1 aliphatic heterocycles. The van der Waals surface area contributed by atoms with Gasteiger partial charge in [0.25, 0.3) is 0 Å². The molecule has 0 radical (unpaired) electrons. The van der Waals surface area contributed by atoms with Crippen LogP contribution in [0, 0.1) is 0 Å². The third-order valence-electron chi connectivity index (χ3n) is 6.30. The standard InChI is InChI=1S/C25H37N3O5/c1-25(2,3)33-21-14-17-11-7-8-12-18(17)22(23(26)30)28(21)15-20(29)19(27-24(31)32)13-16-9-5-4-6-10-16/h4-6,9-10,19-22,27,29H,7-8,11-15H2,1-3H3,(H2,26,30)(H,31,32)/p-1. The van der Waals surface area contributed by atoms with Crippen molar-refractivity contribution in [3.63, 3.8) is 0 Å². The van der Waals surface area contributed by atoms with Crippen molar-refractivity contribution in [3.05, 3.63) is 47.0 Å². The molecule has 4 N–H and O–H groups in total. The van der Waals surface area contributed by atoms with E-state index in [0.717, 1.165) is 36.8 Å². The Morgan fingerprint density at radius 2 is 1.91 bits per heavy atom. The summed E-state index contributed by atoms with van der Waals surface area (Å²) in [5.74, 6) is -0.480. The quantitative estimate of drug-likeness (QED) is 0.506. The first kappa shape index (κ1) is 25.2. The van der Waals surface area contributed by atoms with Crippen LogP contribution in [0.25, 0.3) is 0 Å². The van der Waals surface area contributed by atoms with Crippen molar-refractivity contribution in [2.45, 2.75) is 89.3 Å². The fourth-order valence-electron chi connectivity index (χ4n) is 4.97. The van der Waals surface area contributed by atoms with Gasteiger partial charge in [0, 0.05) is 13.0 Å². The SMILES string of the molecule is CC(C)(C)OC1CC2=C(CCCC2)C(C(N)=O)N1CC(O)C(Cc1ccccc1)NC(=O)[O-]. The van der Waals surface area contributed by atoms with E-state index in [9.17, 15) is 19.8 Å². The number of nitrogens with one attached hydrogen (secondary N) is 1. The molecule has 8 nitrogen and oxygen atoms in total. The molecule has 0 saturated carbocycles. The first-order chi connectivity index (χ1) is 15.5. The van der Waals surface area contributed by atoms with Crippen LogP contribution < -0.4 is 16.2 Å². The van der Waals surface area contributed by atoms with E-state index in [1.807, 2.05) is 56.0 Å². The van der Waals surface area contributed by atoms with Gasteiger partial charge in [0.05, 0.1) is 17.7 Å². The number of carbonyl (C=O) groups excluding carboxylic acids is 2. The molecule has 4 atom stereocenters. The Hall–Kier alpha value is -2.42. The molecule has 0 aromatic heterocycles. The number of nitrogens with two attached hydrogens (primary N) is 1. The topological polar surface area (TPSA) is 128 Å². The van der Waals surface area contributed by atoms with E-state index in [4.69, 9.17) is 10.5 Å². The smallest absolute Gasteiger partial charge is 0.239 e. The molecule has 0 spiro atoms. The molecule has 1 aromatic rings. The Morgan fingerprint density at radius 1 is 1.24 bits per heavy atom. The number of rotatable bonds is 8. The molecule has 33 heavy (non-hydrogen) atoms. The zero-order valence-electron chi connectivity index (χ0n) is 19.8. The lowest BCUT2D eigenvalue weighted by Gasteiger charge is -2.47. The van der Waals surface area contributed by atoms with Gasteiger partial charge in [-0.1, -0.05) is 35.9 Å². The summed E-state index contributed by atoms with van der Waals surface area (Å²) in [4.78, 5) is 25.8. The number of amides is 2. The molecule has 4 unspecified atom stereocenters. The van der Waals surface area contributed by atoms with Gasteiger partial charge < -0.3 is 30.8 Å². The van der Waals surface area contributed by atoms with Crippen molar-refractivity contribution < 1.29 is 24.5 Å². The van der Waals surface area contributed by atoms with Gasteiger partial charge in [-0.25, -0.2) is 0 Å². The highest BCUT2D eigenvalue weighted by Crippen LogP contribution is 2.39. The summed E-state index contributed by atoms with van der Waals surface area (Å²) in [5.41, 5.74) is 8.52. The predicted molar refractivity (Wildman–Crippen MR) is 123 cm³/mol. The van der Waals surface area contributed by atoms with E-state index in [1.54, 1.807) is 0 Å². The number of carboxylic acid groups (broad SMARTS) is 1. The van der Waals surface area contributed by atoms with Gasteiger partial charge in [-0.2, -0.15) is 0 Å². The van der Waals surface area contributed by atoms with E-state index >= 15 is 0 Å². The maximum Gasteiger partial charge on any atom is 0.239 e. The fraction of sp³-hybridized carbons (Fsp3) is 0.600. The van der Waals surface area contributed by atoms with Gasteiger partial charge in [0.15, 0.2) is 0 Å². The Morgan fingerprint density at radius 3 is 2.52 bits per heavy atom. The van der Waals surface area contributed by atoms with E-state index < -0.39 is 42.0 Å². The molecule has 8 heteroatoms. The Kier molecular flexibility index (Phi) is 8.15. The summed E-state index contributed by atoms with van der Waals surface area (Å²) < 4.78 is 6.32. The van der Waals surface area contributed by atoms with Crippen LogP contribution in [-0.4, -0.2) is 58.6 Å². The van der Waals surface area contributed by atoms with Crippen LogP contribution in [-0.2, 0) is 16.0 Å². The minimum Gasteiger partial charge on any atom is -0.530 e. The Labute approximate surface area is 195 Å². The number of aliphatic hydroxyl groups excluding tert-OH is 1. The van der Waals surface area contributed by atoms with Crippen molar-refractivity contribution in [2.24, 2.45) is 5.73 Å². The number of hydrogen-bond acceptors (Lipinski definition) is 6. The number of nitrogens with zero attached hydrogens (tertiary/aromatic N) is 1. The van der Waals surface area contributed by atoms with Crippen molar-refractivity contribution in [2.75, 3.05) is 6.54 Å². The number of β-amino-alcohol motifs (C(OH)–C–C–N with tert-alkyl or cyclic N) is 1. The van der Waals surface area contributed by atoms with E-state index in [2.05, 4.69) is 5.32 Å². The number of benzene rings is 1. The van der Waals surface area contributed by atoms with Crippen LogP contribution in [0.2, 0.25) is 0 Å². The summed E-state index contributed by atoms with van der Waals surface area (Å²) in [7, 11) is 0. The zero-order chi connectivity index (χ0) is 24.2. The number of primary amides is 1. The van der Waals surface area contributed by atoms with Crippen molar-refractivity contribution in [3.8, 4) is 0 Å². The average molecular weight is 459 g/mol. The van der Waals surface area contributed by atoms with Crippen LogP contribution in [0.15, 0.2) is 41.5 Å². The third-order valence-corrected chi connectivity index (χ3v) is 6.30. The number of ether oxygens (including phenoxy) is 1. The van der Waals surface area contributed by atoms with Gasteiger partial charge in [0.1, 0.15) is 18.4 Å². The lowest BCUT2D eigenvalue weighted by atomic mass is 9.81. The summed E-state index contributed by atoms with van der Waals surface area (Å²) in [6.45, 7) is 5.87. The molecule has 182 valence electrons. The molecule has 2 aliphatic rings. The molecule has 0 fully saturated rings. The van der Waals surface area contributed by atoms with E-state index in [1.165, 1.54) is 5.57 Å². The van der Waals surface area contributed by atoms with Gasteiger partial charge in [-0.05, 0) is 64.0 Å². The first-order valence-electron chi connectivity index (χ1n) is 11.7. The summed E-state index contributed by atoms with van der Waals surface area (Å²) in [5, 5.41) is 24.9. The van der Waals surface area contributed by atoms with Crippen LogP contribution in [0.3, 0.4) is 0 Å². The van der Waals surface area contributed by atoms with Crippen molar-refractivity contribution in [1.82, 2.24) is 10.2 Å². The zero-order valence-corrected chi connectivity index (χ0v) is 19.8. The van der Waals surface area contributed by atoms with Gasteiger partial charge >= 0.3 is 0 Å². The van der Waals surface area contributed by atoms with Crippen LogP contribution in [0.4, 0.5) is 4.79 Å². The van der Waals surface area contributed by atoms with Gasteiger partial charge in [-0.15, -0.1) is 0 Å². The van der Waals surface area contributed by atoms with E-state index in [0.29, 0.717) is 6.42 Å². The summed E-state index contributed by atoms with van der Waals surface area (Å²) in [6.07, 6.45) is 1.68. The minimum absolute atomic E-state index is 0.0307. The molecule has 2 amide bonds. The molecule has 0 bridgehead atoms. The normalized spacial score (nSPS) is 23.5. The molecule has 1 aromatic carbocycles. The predicted octanol–water partition coefficient (Wildman–Crippen LogP) is 1.46. The highest BCUT2D eigenvalue weighted by Gasteiger charge is 2.43. The largest absolute Gasteiger partial charge is 0.530 e. The molecule has 1 aliphatic carbocycles. The number of aliphatic hydroxyl groups is 1. The molecule has 0 saturated heterocycles. The number of hydrogen-bond donors (Lipinski definition) is 3. The van der Waals surface area contributed by atoms with Gasteiger partial charge in [-0.3, -0.25) is 9.69 Å². The highest BCUT2D eigenvalue weighted by atomic mass is 16.5. The second-order valence-electron chi connectivity index (χ2n) is 10.0. The van der Waals surface area contributed by atoms with Crippen LogP contribution in [0.1, 0.15) is 58.4 Å². The summed E-state index contributed by atoms with van der Waals surface area (Å²) >= 11 is 0. The number of carbonyl (C=O) groups is 2. The van der Waals surface area contributed by atoms with E-state index in [-0.39, 0.29) is 13.0 Å². The molecular formula is C25H36N3O5-. The van der Waals surface area contributed by atoms with Gasteiger partial charge in [0.2, 0.25) is 5.91 Å². The van der Waals surface area contributed by atoms with Crippen LogP contribution in [0.5, 0.6) is 0 Å². The van der Waals surface area contributed by atoms with Crippen molar-refractivity contribution >= 4 is 12.0 Å². The second kappa shape index (κ2) is 10.7. The molecular weight excluding hydrogens is 422 g/mol. The lowest BCUT2D eigenvalue weighted by Crippen LogP contribution is -2.61.